The number of benzene rings is 1. The number of hydrogen-bond acceptors (Lipinski definition) is 3. The molecule has 1 aromatic carbocycles. The molecule has 2 unspecified atom stereocenters. The standard InChI is InChI=1S/C17H30N2O/c1-5-17(6-2,15-10-8-7-9-11-15)16(19-18)14(3)12-13-20-4/h7-11,14,16,19H,5-6,12-13,18H2,1-4H3. The number of nitrogens with two attached hydrogens (primary N) is 1. The molecular weight excluding hydrogens is 248 g/mol. The molecule has 0 saturated carbocycles. The number of hydrazine groups is 1. The van der Waals surface area contributed by atoms with Gasteiger partial charge in [0.05, 0.1) is 0 Å². The molecule has 114 valence electrons. The van der Waals surface area contributed by atoms with Crippen LogP contribution in [0.2, 0.25) is 0 Å². The van der Waals surface area contributed by atoms with Crippen molar-refractivity contribution in [1.82, 2.24) is 5.43 Å². The maximum atomic E-state index is 5.93. The van der Waals surface area contributed by atoms with E-state index >= 15 is 0 Å². The van der Waals surface area contributed by atoms with Crippen molar-refractivity contribution in [2.75, 3.05) is 13.7 Å². The predicted octanol–water partition coefficient (Wildman–Crippen LogP) is 3.25. The van der Waals surface area contributed by atoms with E-state index in [1.807, 2.05) is 0 Å². The third kappa shape index (κ3) is 3.60. The summed E-state index contributed by atoms with van der Waals surface area (Å²) in [5.41, 5.74) is 4.54. The Hall–Kier alpha value is -0.900. The van der Waals surface area contributed by atoms with Gasteiger partial charge in [0.25, 0.3) is 0 Å². The van der Waals surface area contributed by atoms with Gasteiger partial charge in [-0.2, -0.15) is 0 Å². The minimum atomic E-state index is 0.0726. The van der Waals surface area contributed by atoms with Crippen LogP contribution in [0, 0.1) is 5.92 Å². The van der Waals surface area contributed by atoms with Crippen LogP contribution in [-0.4, -0.2) is 19.8 Å². The third-order valence-corrected chi connectivity index (χ3v) is 4.73. The van der Waals surface area contributed by atoms with Gasteiger partial charge < -0.3 is 4.74 Å². The van der Waals surface area contributed by atoms with Gasteiger partial charge in [0.1, 0.15) is 0 Å². The zero-order chi connectivity index (χ0) is 15.0. The van der Waals surface area contributed by atoms with Crippen molar-refractivity contribution in [3.8, 4) is 0 Å². The maximum absolute atomic E-state index is 5.93. The van der Waals surface area contributed by atoms with Crippen molar-refractivity contribution < 1.29 is 4.74 Å². The first-order valence-corrected chi connectivity index (χ1v) is 7.66. The van der Waals surface area contributed by atoms with E-state index in [1.54, 1.807) is 7.11 Å². The van der Waals surface area contributed by atoms with Gasteiger partial charge in [0, 0.05) is 25.2 Å². The predicted molar refractivity (Wildman–Crippen MR) is 85.5 cm³/mol. The van der Waals surface area contributed by atoms with E-state index in [9.17, 15) is 0 Å². The molecule has 3 N–H and O–H groups in total. The molecule has 0 saturated heterocycles. The highest BCUT2D eigenvalue weighted by atomic mass is 16.5. The Balaban J connectivity index is 3.09. The molecule has 3 nitrogen and oxygen atoms in total. The lowest BCUT2D eigenvalue weighted by atomic mass is 9.66. The molecule has 2 atom stereocenters. The summed E-state index contributed by atoms with van der Waals surface area (Å²) in [6.07, 6.45) is 3.15. The number of nitrogens with one attached hydrogen (secondary N) is 1. The summed E-state index contributed by atoms with van der Waals surface area (Å²) in [5.74, 6) is 6.39. The average molecular weight is 278 g/mol. The fourth-order valence-electron chi connectivity index (χ4n) is 3.39. The van der Waals surface area contributed by atoms with Crippen LogP contribution in [0.1, 0.15) is 45.6 Å². The average Bonchev–Trinajstić information content (AvgIpc) is 2.51. The van der Waals surface area contributed by atoms with E-state index in [4.69, 9.17) is 10.6 Å². The fourth-order valence-corrected chi connectivity index (χ4v) is 3.39. The molecular formula is C17H30N2O. The normalized spacial score (nSPS) is 15.1. The molecule has 1 aromatic rings. The van der Waals surface area contributed by atoms with Crippen LogP contribution in [-0.2, 0) is 10.2 Å². The highest BCUT2D eigenvalue weighted by molar-refractivity contribution is 5.28. The SMILES string of the molecule is CCC(CC)(c1ccccc1)C(NN)C(C)CCOC. The molecule has 0 bridgehead atoms. The second-order valence-corrected chi connectivity index (χ2v) is 5.63. The zero-order valence-electron chi connectivity index (χ0n) is 13.4. The second-order valence-electron chi connectivity index (χ2n) is 5.63. The van der Waals surface area contributed by atoms with E-state index in [2.05, 4.69) is 56.5 Å². The van der Waals surface area contributed by atoms with Crippen LogP contribution < -0.4 is 11.3 Å². The van der Waals surface area contributed by atoms with Gasteiger partial charge >= 0.3 is 0 Å². The Morgan fingerprint density at radius 3 is 2.25 bits per heavy atom. The lowest BCUT2D eigenvalue weighted by Gasteiger charge is -2.43. The summed E-state index contributed by atoms with van der Waals surface area (Å²) in [4.78, 5) is 0. The first-order chi connectivity index (χ1) is 9.66. The van der Waals surface area contributed by atoms with E-state index < -0.39 is 0 Å². The van der Waals surface area contributed by atoms with Crippen molar-refractivity contribution in [2.45, 2.75) is 51.5 Å². The molecule has 0 radical (unpaired) electrons. The second kappa shape index (κ2) is 8.40. The maximum Gasteiger partial charge on any atom is 0.0465 e. The minimum Gasteiger partial charge on any atom is -0.385 e. The monoisotopic (exact) mass is 278 g/mol. The molecule has 0 aromatic heterocycles. The minimum absolute atomic E-state index is 0.0726. The van der Waals surface area contributed by atoms with Crippen molar-refractivity contribution >= 4 is 0 Å². The van der Waals surface area contributed by atoms with E-state index in [1.165, 1.54) is 5.56 Å². The largest absolute Gasteiger partial charge is 0.385 e. The molecule has 0 fully saturated rings. The molecule has 1 rings (SSSR count). The highest BCUT2D eigenvalue weighted by Gasteiger charge is 2.39. The number of ether oxygens (including phenoxy) is 1. The Kier molecular flexibility index (Phi) is 7.20. The van der Waals surface area contributed by atoms with Crippen molar-refractivity contribution in [3.63, 3.8) is 0 Å². The summed E-state index contributed by atoms with van der Waals surface area (Å²) in [6, 6.07) is 11.0. The van der Waals surface area contributed by atoms with E-state index in [0.717, 1.165) is 25.9 Å². The van der Waals surface area contributed by atoms with Gasteiger partial charge in [0.2, 0.25) is 0 Å². The van der Waals surface area contributed by atoms with Crippen LogP contribution in [0.3, 0.4) is 0 Å². The van der Waals surface area contributed by atoms with Crippen LogP contribution in [0.25, 0.3) is 0 Å². The van der Waals surface area contributed by atoms with Crippen molar-refractivity contribution in [2.24, 2.45) is 11.8 Å². The Morgan fingerprint density at radius 2 is 1.80 bits per heavy atom. The van der Waals surface area contributed by atoms with Crippen molar-refractivity contribution in [3.05, 3.63) is 35.9 Å². The van der Waals surface area contributed by atoms with Crippen molar-refractivity contribution in [1.29, 1.82) is 0 Å². The van der Waals surface area contributed by atoms with Gasteiger partial charge in [-0.1, -0.05) is 51.1 Å². The molecule has 0 aliphatic carbocycles. The van der Waals surface area contributed by atoms with Crippen LogP contribution in [0.4, 0.5) is 0 Å². The first-order valence-electron chi connectivity index (χ1n) is 7.66. The lowest BCUT2D eigenvalue weighted by molar-refractivity contribution is 0.143. The quantitative estimate of drug-likeness (QED) is 0.538. The molecule has 3 heteroatoms. The Labute approximate surface area is 123 Å². The summed E-state index contributed by atoms with van der Waals surface area (Å²) in [6.45, 7) is 7.54. The number of hydrogen-bond donors (Lipinski definition) is 2. The molecule has 20 heavy (non-hydrogen) atoms. The number of methoxy groups -OCH3 is 1. The smallest absolute Gasteiger partial charge is 0.0465 e. The summed E-state index contributed by atoms with van der Waals surface area (Å²) in [5, 5.41) is 0. The Morgan fingerprint density at radius 1 is 1.20 bits per heavy atom. The Bertz CT molecular complexity index is 363. The molecule has 0 amide bonds. The molecule has 0 spiro atoms. The summed E-state index contributed by atoms with van der Waals surface area (Å²) < 4.78 is 5.22. The molecule has 0 heterocycles. The fraction of sp³-hybridized carbons (Fsp3) is 0.647. The molecule has 0 aliphatic rings. The zero-order valence-corrected chi connectivity index (χ0v) is 13.4. The van der Waals surface area contributed by atoms with Gasteiger partial charge in [-0.3, -0.25) is 11.3 Å². The summed E-state index contributed by atoms with van der Waals surface area (Å²) >= 11 is 0. The number of rotatable bonds is 9. The topological polar surface area (TPSA) is 47.3 Å². The highest BCUT2D eigenvalue weighted by Crippen LogP contribution is 2.38. The van der Waals surface area contributed by atoms with Gasteiger partial charge in [-0.25, -0.2) is 0 Å². The van der Waals surface area contributed by atoms with E-state index in [-0.39, 0.29) is 11.5 Å². The van der Waals surface area contributed by atoms with Gasteiger partial charge in [0.15, 0.2) is 0 Å². The summed E-state index contributed by atoms with van der Waals surface area (Å²) in [7, 11) is 1.75. The van der Waals surface area contributed by atoms with E-state index in [0.29, 0.717) is 5.92 Å². The van der Waals surface area contributed by atoms with Crippen LogP contribution in [0.15, 0.2) is 30.3 Å². The van der Waals surface area contributed by atoms with Gasteiger partial charge in [-0.05, 0) is 30.7 Å². The first kappa shape index (κ1) is 17.2. The van der Waals surface area contributed by atoms with Crippen LogP contribution in [0.5, 0.6) is 0 Å². The third-order valence-electron chi connectivity index (χ3n) is 4.73. The lowest BCUT2D eigenvalue weighted by Crippen LogP contribution is -2.54. The van der Waals surface area contributed by atoms with Crippen LogP contribution >= 0.6 is 0 Å². The van der Waals surface area contributed by atoms with Gasteiger partial charge in [-0.15, -0.1) is 0 Å². The molecule has 0 aliphatic heterocycles.